The normalized spacial score (nSPS) is 11.6. The van der Waals surface area contributed by atoms with E-state index in [2.05, 4.69) is 36.6 Å². The summed E-state index contributed by atoms with van der Waals surface area (Å²) in [5, 5.41) is 6.76. The van der Waals surface area contributed by atoms with Gasteiger partial charge in [-0.25, -0.2) is 4.99 Å². The van der Waals surface area contributed by atoms with Gasteiger partial charge in [0.05, 0.1) is 35.0 Å². The van der Waals surface area contributed by atoms with Crippen LogP contribution in [0.4, 0.5) is 0 Å². The molecule has 31 heavy (non-hydrogen) atoms. The molecule has 0 saturated heterocycles. The zero-order valence-corrected chi connectivity index (χ0v) is 19.7. The van der Waals surface area contributed by atoms with Crippen LogP contribution in [0.15, 0.2) is 41.4 Å². The molecule has 0 fully saturated rings. The molecular weight excluding hydrogens is 394 g/mol. The van der Waals surface area contributed by atoms with E-state index in [1.807, 2.05) is 31.2 Å². The average Bonchev–Trinajstić information content (AvgIpc) is 2.80. The van der Waals surface area contributed by atoms with Crippen molar-refractivity contribution >= 4 is 5.96 Å². The van der Waals surface area contributed by atoms with Gasteiger partial charge < -0.3 is 29.6 Å². The van der Waals surface area contributed by atoms with Crippen LogP contribution in [0.1, 0.15) is 31.9 Å². The molecule has 0 amide bonds. The van der Waals surface area contributed by atoms with Crippen LogP contribution < -0.4 is 29.6 Å². The fourth-order valence-electron chi connectivity index (χ4n) is 3.19. The fourth-order valence-corrected chi connectivity index (χ4v) is 3.19. The third-order valence-corrected chi connectivity index (χ3v) is 5.04. The lowest BCUT2D eigenvalue weighted by atomic mass is 9.84. The van der Waals surface area contributed by atoms with E-state index in [4.69, 9.17) is 23.9 Å². The van der Waals surface area contributed by atoms with E-state index >= 15 is 0 Å². The Bertz CT molecular complexity index is 856. The fraction of sp³-hybridized carbons (Fsp3) is 0.458. The highest BCUT2D eigenvalue weighted by molar-refractivity contribution is 5.80. The van der Waals surface area contributed by atoms with E-state index in [0.29, 0.717) is 30.3 Å². The number of hydrogen-bond acceptors (Lipinski definition) is 5. The Morgan fingerprint density at radius 1 is 0.903 bits per heavy atom. The van der Waals surface area contributed by atoms with Crippen molar-refractivity contribution < 1.29 is 18.9 Å². The molecule has 0 aliphatic heterocycles. The van der Waals surface area contributed by atoms with Gasteiger partial charge in [-0.3, -0.25) is 0 Å². The van der Waals surface area contributed by atoms with Crippen LogP contribution in [-0.4, -0.2) is 47.5 Å². The van der Waals surface area contributed by atoms with Gasteiger partial charge >= 0.3 is 0 Å². The first-order valence-electron chi connectivity index (χ1n) is 10.3. The van der Waals surface area contributed by atoms with E-state index in [9.17, 15) is 0 Å². The van der Waals surface area contributed by atoms with Gasteiger partial charge in [0.2, 0.25) is 5.75 Å². The highest BCUT2D eigenvalue weighted by Gasteiger charge is 2.21. The Hall–Kier alpha value is -3.09. The number of methoxy groups -OCH3 is 4. The maximum Gasteiger partial charge on any atom is 0.203 e. The zero-order chi connectivity index (χ0) is 22.9. The SMILES string of the molecule is CCNC(=NCc1cc(OC)c(OC)c(OC)c1)NCC(C)(C)c1cccc(OC)c1. The van der Waals surface area contributed by atoms with Crippen molar-refractivity contribution in [3.8, 4) is 23.0 Å². The van der Waals surface area contributed by atoms with Gasteiger partial charge in [0.1, 0.15) is 5.75 Å². The summed E-state index contributed by atoms with van der Waals surface area (Å²) in [5.74, 6) is 3.40. The first kappa shape index (κ1) is 24.2. The Labute approximate surface area is 185 Å². The summed E-state index contributed by atoms with van der Waals surface area (Å²) in [7, 11) is 6.49. The molecule has 0 aliphatic rings. The first-order chi connectivity index (χ1) is 14.9. The Morgan fingerprint density at radius 3 is 2.13 bits per heavy atom. The molecule has 0 spiro atoms. The highest BCUT2D eigenvalue weighted by atomic mass is 16.5. The third kappa shape index (κ3) is 6.44. The molecule has 0 aliphatic carbocycles. The predicted molar refractivity (Wildman–Crippen MR) is 125 cm³/mol. The van der Waals surface area contributed by atoms with Crippen molar-refractivity contribution in [2.75, 3.05) is 41.5 Å². The van der Waals surface area contributed by atoms with Crippen molar-refractivity contribution in [3.63, 3.8) is 0 Å². The van der Waals surface area contributed by atoms with Crippen molar-refractivity contribution in [2.45, 2.75) is 32.7 Å². The molecule has 2 N–H and O–H groups in total. The van der Waals surface area contributed by atoms with Crippen LogP contribution in [0.5, 0.6) is 23.0 Å². The summed E-state index contributed by atoms with van der Waals surface area (Å²) in [6.07, 6.45) is 0. The largest absolute Gasteiger partial charge is 0.497 e. The first-order valence-corrected chi connectivity index (χ1v) is 10.3. The molecular formula is C24H35N3O4. The van der Waals surface area contributed by atoms with Gasteiger partial charge in [0, 0.05) is 18.5 Å². The van der Waals surface area contributed by atoms with Crippen molar-refractivity contribution in [1.82, 2.24) is 10.6 Å². The van der Waals surface area contributed by atoms with Gasteiger partial charge in [0.25, 0.3) is 0 Å². The smallest absolute Gasteiger partial charge is 0.203 e. The average molecular weight is 430 g/mol. The number of nitrogens with zero attached hydrogens (tertiary/aromatic N) is 1. The number of aliphatic imine (C=N–C) groups is 1. The summed E-state index contributed by atoms with van der Waals surface area (Å²) >= 11 is 0. The molecule has 0 heterocycles. The topological polar surface area (TPSA) is 73.3 Å². The maximum atomic E-state index is 5.44. The van der Waals surface area contributed by atoms with Crippen LogP contribution >= 0.6 is 0 Å². The molecule has 0 bridgehead atoms. The lowest BCUT2D eigenvalue weighted by Gasteiger charge is -2.27. The molecule has 0 unspecified atom stereocenters. The monoisotopic (exact) mass is 429 g/mol. The second kappa shape index (κ2) is 11.3. The molecule has 0 radical (unpaired) electrons. The van der Waals surface area contributed by atoms with Crippen molar-refractivity contribution in [3.05, 3.63) is 47.5 Å². The summed E-state index contributed by atoms with van der Waals surface area (Å²) in [5.41, 5.74) is 2.04. The van der Waals surface area contributed by atoms with Crippen molar-refractivity contribution in [2.24, 2.45) is 4.99 Å². The standard InChI is InChI=1S/C24H35N3O4/c1-8-25-23(27-16-24(2,3)18-10-9-11-19(14-18)28-4)26-15-17-12-20(29-5)22(31-7)21(13-17)30-6/h9-14H,8,15-16H2,1-7H3,(H2,25,26,27). The number of benzene rings is 2. The van der Waals surface area contributed by atoms with Crippen molar-refractivity contribution in [1.29, 1.82) is 0 Å². The van der Waals surface area contributed by atoms with Crippen LogP contribution in [-0.2, 0) is 12.0 Å². The lowest BCUT2D eigenvalue weighted by Crippen LogP contribution is -2.43. The number of nitrogens with one attached hydrogen (secondary N) is 2. The zero-order valence-electron chi connectivity index (χ0n) is 19.7. The van der Waals surface area contributed by atoms with Crippen LogP contribution in [0.25, 0.3) is 0 Å². The maximum absolute atomic E-state index is 5.44. The van der Waals surface area contributed by atoms with Crippen LogP contribution in [0.3, 0.4) is 0 Å². The predicted octanol–water partition coefficient (Wildman–Crippen LogP) is 3.75. The van der Waals surface area contributed by atoms with E-state index in [0.717, 1.165) is 23.8 Å². The van der Waals surface area contributed by atoms with Crippen LogP contribution in [0.2, 0.25) is 0 Å². The molecule has 170 valence electrons. The molecule has 0 atom stereocenters. The van der Waals surface area contributed by atoms with E-state index < -0.39 is 0 Å². The molecule has 2 aromatic rings. The summed E-state index contributed by atoms with van der Waals surface area (Å²) in [4.78, 5) is 4.74. The molecule has 2 aromatic carbocycles. The minimum absolute atomic E-state index is 0.114. The molecule has 0 saturated carbocycles. The summed E-state index contributed by atoms with van der Waals surface area (Å²) in [6, 6.07) is 12.0. The van der Waals surface area contributed by atoms with Gasteiger partial charge in [-0.15, -0.1) is 0 Å². The van der Waals surface area contributed by atoms with Gasteiger partial charge in [0.15, 0.2) is 17.5 Å². The summed E-state index contributed by atoms with van der Waals surface area (Å²) < 4.78 is 21.6. The van der Waals surface area contributed by atoms with Gasteiger partial charge in [-0.2, -0.15) is 0 Å². The Morgan fingerprint density at radius 2 is 1.58 bits per heavy atom. The molecule has 2 rings (SSSR count). The Balaban J connectivity index is 2.16. The quantitative estimate of drug-likeness (QED) is 0.443. The second-order valence-electron chi connectivity index (χ2n) is 7.70. The number of ether oxygens (including phenoxy) is 4. The van der Waals surface area contributed by atoms with Crippen LogP contribution in [0, 0.1) is 0 Å². The molecule has 7 nitrogen and oxygen atoms in total. The number of rotatable bonds is 10. The number of hydrogen-bond donors (Lipinski definition) is 2. The van der Waals surface area contributed by atoms with Gasteiger partial charge in [-0.05, 0) is 42.3 Å². The van der Waals surface area contributed by atoms with E-state index in [1.165, 1.54) is 5.56 Å². The molecule has 7 heteroatoms. The highest BCUT2D eigenvalue weighted by Crippen LogP contribution is 2.38. The number of guanidine groups is 1. The van der Waals surface area contributed by atoms with E-state index in [1.54, 1.807) is 28.4 Å². The molecule has 0 aromatic heterocycles. The minimum atomic E-state index is -0.114. The Kier molecular flexibility index (Phi) is 8.85. The van der Waals surface area contributed by atoms with E-state index in [-0.39, 0.29) is 5.41 Å². The summed E-state index contributed by atoms with van der Waals surface area (Å²) in [6.45, 7) is 8.37. The third-order valence-electron chi connectivity index (χ3n) is 5.04. The minimum Gasteiger partial charge on any atom is -0.497 e. The second-order valence-corrected chi connectivity index (χ2v) is 7.70. The van der Waals surface area contributed by atoms with Gasteiger partial charge in [-0.1, -0.05) is 26.0 Å². The lowest BCUT2D eigenvalue weighted by molar-refractivity contribution is 0.324.